The maximum absolute atomic E-state index is 6.56. The SMILES string of the molecule is c1ccc(-c2ccc3c4cc5c(c6ccccc6n5-c5nc(-c6ccc7ccccc7c6)nc6oc7ccccc7c56)c5c6ccccc6n(c3c2)c45)cc1. The monoisotopic (exact) mass is 700 g/mol. The van der Waals surface area contributed by atoms with Gasteiger partial charge in [0.15, 0.2) is 11.6 Å². The van der Waals surface area contributed by atoms with Crippen LogP contribution in [0.5, 0.6) is 0 Å². The summed E-state index contributed by atoms with van der Waals surface area (Å²) in [5, 5.41) is 11.5. The van der Waals surface area contributed by atoms with Crippen LogP contribution in [0, 0.1) is 0 Å². The van der Waals surface area contributed by atoms with Gasteiger partial charge < -0.3 is 8.82 Å². The summed E-state index contributed by atoms with van der Waals surface area (Å²) in [7, 11) is 0. The smallest absolute Gasteiger partial charge is 0.233 e. The van der Waals surface area contributed by atoms with Crippen LogP contribution in [-0.4, -0.2) is 18.9 Å². The summed E-state index contributed by atoms with van der Waals surface area (Å²) in [6.07, 6.45) is 0. The summed E-state index contributed by atoms with van der Waals surface area (Å²) in [6.45, 7) is 0. The van der Waals surface area contributed by atoms with E-state index in [0.29, 0.717) is 11.5 Å². The van der Waals surface area contributed by atoms with E-state index >= 15 is 0 Å². The third-order valence-corrected chi connectivity index (χ3v) is 11.6. The fourth-order valence-corrected chi connectivity index (χ4v) is 9.27. The highest BCUT2D eigenvalue weighted by atomic mass is 16.3. The molecule has 0 aliphatic carbocycles. The topological polar surface area (TPSA) is 48.3 Å². The molecule has 0 N–H and O–H groups in total. The van der Waals surface area contributed by atoms with Gasteiger partial charge in [0, 0.05) is 43.3 Å². The van der Waals surface area contributed by atoms with Crippen molar-refractivity contribution in [3.8, 4) is 28.3 Å². The van der Waals surface area contributed by atoms with E-state index in [1.54, 1.807) is 0 Å². The Bertz CT molecular complexity index is 3720. The molecule has 0 saturated carbocycles. The number of aromatic nitrogens is 4. The van der Waals surface area contributed by atoms with Gasteiger partial charge in [-0.25, -0.2) is 4.98 Å². The Hall–Kier alpha value is -7.50. The molecule has 13 rings (SSSR count). The summed E-state index contributed by atoms with van der Waals surface area (Å²) in [5.41, 5.74) is 10.5. The Labute approximate surface area is 313 Å². The summed E-state index contributed by atoms with van der Waals surface area (Å²) < 4.78 is 11.4. The lowest BCUT2D eigenvalue weighted by Crippen LogP contribution is -2.02. The van der Waals surface area contributed by atoms with Crippen LogP contribution in [0.25, 0.3) is 121 Å². The highest BCUT2D eigenvalue weighted by molar-refractivity contribution is 6.36. The number of rotatable bonds is 3. The Morgan fingerprint density at radius 1 is 0.400 bits per heavy atom. The number of para-hydroxylation sites is 3. The molecule has 5 heteroatoms. The fourth-order valence-electron chi connectivity index (χ4n) is 9.27. The molecule has 0 saturated heterocycles. The van der Waals surface area contributed by atoms with Crippen LogP contribution in [0.2, 0.25) is 0 Å². The average molecular weight is 701 g/mol. The first-order valence-corrected chi connectivity index (χ1v) is 18.7. The van der Waals surface area contributed by atoms with Crippen molar-refractivity contribution in [1.82, 2.24) is 18.9 Å². The number of nitrogens with zero attached hydrogens (tertiary/aromatic N) is 4. The average Bonchev–Trinajstić information content (AvgIpc) is 3.98. The molecule has 8 aromatic carbocycles. The van der Waals surface area contributed by atoms with E-state index in [2.05, 4.69) is 167 Å². The third kappa shape index (κ3) is 3.86. The van der Waals surface area contributed by atoms with E-state index in [1.165, 1.54) is 65.4 Å². The largest absolute Gasteiger partial charge is 0.437 e. The summed E-state index contributed by atoms with van der Waals surface area (Å²) in [6, 6.07) is 60.6. The van der Waals surface area contributed by atoms with Crippen molar-refractivity contribution in [1.29, 1.82) is 0 Å². The molecular weight excluding hydrogens is 673 g/mol. The van der Waals surface area contributed by atoms with Crippen LogP contribution in [0.3, 0.4) is 0 Å². The minimum Gasteiger partial charge on any atom is -0.437 e. The number of hydrogen-bond acceptors (Lipinski definition) is 3. The molecular formula is C50H28N4O. The molecule has 0 amide bonds. The van der Waals surface area contributed by atoms with Crippen molar-refractivity contribution < 1.29 is 4.42 Å². The maximum Gasteiger partial charge on any atom is 0.233 e. The van der Waals surface area contributed by atoms with Crippen LogP contribution < -0.4 is 0 Å². The highest BCUT2D eigenvalue weighted by Gasteiger charge is 2.27. The lowest BCUT2D eigenvalue weighted by atomic mass is 10.0. The first-order chi connectivity index (χ1) is 27.3. The Morgan fingerprint density at radius 3 is 1.98 bits per heavy atom. The van der Waals surface area contributed by atoms with Crippen LogP contribution in [0.1, 0.15) is 0 Å². The summed E-state index contributed by atoms with van der Waals surface area (Å²) in [4.78, 5) is 10.6. The van der Waals surface area contributed by atoms with Crippen LogP contribution in [0.15, 0.2) is 174 Å². The van der Waals surface area contributed by atoms with Gasteiger partial charge in [0.25, 0.3) is 0 Å². The second-order valence-corrected chi connectivity index (χ2v) is 14.6. The van der Waals surface area contributed by atoms with Gasteiger partial charge in [-0.2, -0.15) is 4.98 Å². The molecule has 5 heterocycles. The molecule has 0 aliphatic heterocycles. The van der Waals surface area contributed by atoms with Gasteiger partial charge in [0.05, 0.1) is 33.0 Å². The highest BCUT2D eigenvalue weighted by Crippen LogP contribution is 2.48. The van der Waals surface area contributed by atoms with Gasteiger partial charge in [-0.05, 0) is 58.3 Å². The molecule has 0 aliphatic rings. The molecule has 5 nitrogen and oxygen atoms in total. The van der Waals surface area contributed by atoms with Crippen molar-refractivity contribution in [3.05, 3.63) is 170 Å². The molecule has 0 radical (unpaired) electrons. The van der Waals surface area contributed by atoms with Crippen molar-refractivity contribution in [3.63, 3.8) is 0 Å². The Kier molecular flexibility index (Phi) is 5.57. The first kappa shape index (κ1) is 29.0. The normalized spacial score (nSPS) is 12.4. The van der Waals surface area contributed by atoms with Crippen LogP contribution >= 0.6 is 0 Å². The second-order valence-electron chi connectivity index (χ2n) is 14.6. The van der Waals surface area contributed by atoms with Crippen molar-refractivity contribution in [2.75, 3.05) is 0 Å². The molecule has 55 heavy (non-hydrogen) atoms. The van der Waals surface area contributed by atoms with E-state index in [-0.39, 0.29) is 0 Å². The van der Waals surface area contributed by atoms with E-state index in [1.807, 2.05) is 12.1 Å². The van der Waals surface area contributed by atoms with Gasteiger partial charge in [-0.1, -0.05) is 133 Å². The Morgan fingerprint density at radius 2 is 1.11 bits per heavy atom. The van der Waals surface area contributed by atoms with Crippen LogP contribution in [-0.2, 0) is 0 Å². The molecule has 0 unspecified atom stereocenters. The fraction of sp³-hybridized carbons (Fsp3) is 0. The Balaban J connectivity index is 1.21. The minimum atomic E-state index is 0.571. The molecule has 254 valence electrons. The van der Waals surface area contributed by atoms with Crippen molar-refractivity contribution in [2.45, 2.75) is 0 Å². The van der Waals surface area contributed by atoms with E-state index < -0.39 is 0 Å². The zero-order valence-electron chi connectivity index (χ0n) is 29.4. The van der Waals surface area contributed by atoms with Gasteiger partial charge in [-0.15, -0.1) is 0 Å². The zero-order valence-corrected chi connectivity index (χ0v) is 29.4. The van der Waals surface area contributed by atoms with E-state index in [0.717, 1.165) is 44.2 Å². The second kappa shape index (κ2) is 10.6. The number of fused-ring (bicyclic) bond motifs is 14. The molecule has 0 bridgehead atoms. The minimum absolute atomic E-state index is 0.571. The predicted octanol–water partition coefficient (Wildman–Crippen LogP) is 13.1. The number of benzene rings is 8. The maximum atomic E-state index is 6.56. The lowest BCUT2D eigenvalue weighted by Gasteiger charge is -2.11. The number of furan rings is 1. The zero-order chi connectivity index (χ0) is 35.8. The number of hydrogen-bond donors (Lipinski definition) is 0. The molecule has 0 fully saturated rings. The summed E-state index contributed by atoms with van der Waals surface area (Å²) >= 11 is 0. The van der Waals surface area contributed by atoms with E-state index in [9.17, 15) is 0 Å². The quantitative estimate of drug-likeness (QED) is 0.184. The third-order valence-electron chi connectivity index (χ3n) is 11.6. The molecule has 13 aromatic rings. The van der Waals surface area contributed by atoms with Gasteiger partial charge in [-0.3, -0.25) is 4.57 Å². The molecule has 0 spiro atoms. The van der Waals surface area contributed by atoms with Crippen molar-refractivity contribution >= 4 is 92.7 Å². The van der Waals surface area contributed by atoms with Gasteiger partial charge >= 0.3 is 0 Å². The predicted molar refractivity (Wildman–Crippen MR) is 227 cm³/mol. The standard InChI is InChI=1S/C50H28N4O/c1-2-12-29(13-3-1)32-24-25-34-38-28-42-44(45-36-17-7-9-19-39(36)53(47(38)45)41(34)27-32)35-16-6-10-20-40(35)54(42)49-46-37-18-8-11-21-43(37)55-50(46)52-48(51-49)33-23-22-30-14-4-5-15-31(30)26-33/h1-28H. The molecule has 0 atom stereocenters. The van der Waals surface area contributed by atoms with Crippen molar-refractivity contribution in [2.24, 2.45) is 0 Å². The van der Waals surface area contributed by atoms with E-state index in [4.69, 9.17) is 14.4 Å². The first-order valence-electron chi connectivity index (χ1n) is 18.7. The molecule has 5 aromatic heterocycles. The van der Waals surface area contributed by atoms with Crippen LogP contribution in [0.4, 0.5) is 0 Å². The van der Waals surface area contributed by atoms with Gasteiger partial charge in [0.1, 0.15) is 5.58 Å². The summed E-state index contributed by atoms with van der Waals surface area (Å²) in [5.74, 6) is 1.43. The van der Waals surface area contributed by atoms with Gasteiger partial charge in [0.2, 0.25) is 5.71 Å². The lowest BCUT2D eigenvalue weighted by molar-refractivity contribution is 0.653.